The normalized spacial score (nSPS) is 13.6. The molecule has 5 heteroatoms. The molecule has 0 amide bonds. The number of hydrogen-bond acceptors (Lipinski definition) is 3. The summed E-state index contributed by atoms with van der Waals surface area (Å²) < 4.78 is 0. The van der Waals surface area contributed by atoms with Crippen LogP contribution < -0.4 is 17.0 Å². The van der Waals surface area contributed by atoms with Crippen molar-refractivity contribution in [2.45, 2.75) is 12.5 Å². The van der Waals surface area contributed by atoms with Gasteiger partial charge in [0.1, 0.15) is 0 Å². The Hall–Kier alpha value is -1.59. The van der Waals surface area contributed by atoms with E-state index in [9.17, 15) is 0 Å². The summed E-state index contributed by atoms with van der Waals surface area (Å²) in [6.07, 6.45) is 0.639. The second-order valence-electron chi connectivity index (χ2n) is 3.18. The number of nitrogens with two attached hydrogens (primary N) is 2. The van der Waals surface area contributed by atoms with E-state index in [2.05, 4.69) is 10.4 Å². The van der Waals surface area contributed by atoms with Gasteiger partial charge in [0.25, 0.3) is 0 Å². The topological polar surface area (TPSA) is 96.7 Å². The number of benzene rings is 1. The molecule has 6 N–H and O–H groups in total. The Morgan fingerprint density at radius 3 is 2.60 bits per heavy atom. The van der Waals surface area contributed by atoms with Crippen LogP contribution in [0.3, 0.4) is 0 Å². The standard InChI is InChI=1S/C10H16N4O/c11-10(14-12)13-9(7-15)6-8-4-2-1-3-5-8/h1-5,9,15H,6-7,12H2,(H3,11,13,14). The largest absolute Gasteiger partial charge is 0.394 e. The van der Waals surface area contributed by atoms with Gasteiger partial charge in [0.2, 0.25) is 5.96 Å². The highest BCUT2D eigenvalue weighted by Crippen LogP contribution is 2.05. The molecule has 15 heavy (non-hydrogen) atoms. The molecule has 0 aliphatic rings. The van der Waals surface area contributed by atoms with Gasteiger partial charge < -0.3 is 10.8 Å². The first-order valence-corrected chi connectivity index (χ1v) is 4.71. The molecule has 0 fully saturated rings. The van der Waals surface area contributed by atoms with E-state index in [4.69, 9.17) is 16.7 Å². The van der Waals surface area contributed by atoms with Gasteiger partial charge in [-0.1, -0.05) is 30.3 Å². The molecule has 0 heterocycles. The van der Waals surface area contributed by atoms with Crippen LogP contribution in [-0.2, 0) is 6.42 Å². The molecule has 82 valence electrons. The maximum Gasteiger partial charge on any atom is 0.203 e. The lowest BCUT2D eigenvalue weighted by molar-refractivity contribution is 0.266. The van der Waals surface area contributed by atoms with Crippen LogP contribution in [0.5, 0.6) is 0 Å². The van der Waals surface area contributed by atoms with Gasteiger partial charge >= 0.3 is 0 Å². The summed E-state index contributed by atoms with van der Waals surface area (Å²) in [5.41, 5.74) is 8.74. The molecule has 1 atom stereocenters. The number of aliphatic hydroxyl groups excluding tert-OH is 1. The highest BCUT2D eigenvalue weighted by Gasteiger charge is 2.06. The Labute approximate surface area is 88.8 Å². The third kappa shape index (κ3) is 3.97. The molecule has 1 aromatic carbocycles. The van der Waals surface area contributed by atoms with Crippen molar-refractivity contribution in [2.75, 3.05) is 6.61 Å². The van der Waals surface area contributed by atoms with Gasteiger partial charge in [0.15, 0.2) is 0 Å². The number of aliphatic hydroxyl groups is 1. The predicted molar refractivity (Wildman–Crippen MR) is 60.0 cm³/mol. The first kappa shape index (κ1) is 11.5. The van der Waals surface area contributed by atoms with E-state index >= 15 is 0 Å². The monoisotopic (exact) mass is 208 g/mol. The summed E-state index contributed by atoms with van der Waals surface area (Å²) in [6, 6.07) is 9.52. The van der Waals surface area contributed by atoms with Crippen LogP contribution in [0, 0.1) is 0 Å². The van der Waals surface area contributed by atoms with Crippen LogP contribution in [0.25, 0.3) is 0 Å². The minimum Gasteiger partial charge on any atom is -0.394 e. The number of hydrazine groups is 1. The minimum absolute atomic E-state index is 0.0583. The maximum absolute atomic E-state index is 9.10. The Kier molecular flexibility index (Phi) is 4.59. The molecule has 0 aliphatic carbocycles. The van der Waals surface area contributed by atoms with Crippen LogP contribution in [0.1, 0.15) is 5.56 Å². The zero-order chi connectivity index (χ0) is 11.1. The van der Waals surface area contributed by atoms with Gasteiger partial charge in [-0.2, -0.15) is 0 Å². The molecule has 1 aromatic rings. The lowest BCUT2D eigenvalue weighted by Gasteiger charge is -2.10. The van der Waals surface area contributed by atoms with Gasteiger partial charge in [0.05, 0.1) is 12.6 Å². The summed E-state index contributed by atoms with van der Waals surface area (Å²) in [5, 5.41) is 9.10. The summed E-state index contributed by atoms with van der Waals surface area (Å²) in [6.45, 7) is -0.0583. The molecule has 0 radical (unpaired) electrons. The lowest BCUT2D eigenvalue weighted by atomic mass is 10.1. The van der Waals surface area contributed by atoms with E-state index in [-0.39, 0.29) is 18.6 Å². The number of rotatable bonds is 4. The van der Waals surface area contributed by atoms with Crippen LogP contribution in [0.4, 0.5) is 0 Å². The molecule has 0 aliphatic heterocycles. The number of nitrogens with zero attached hydrogens (tertiary/aromatic N) is 1. The first-order valence-electron chi connectivity index (χ1n) is 4.71. The summed E-state index contributed by atoms with van der Waals surface area (Å²) in [4.78, 5) is 4.02. The molecule has 0 saturated heterocycles. The third-order valence-electron chi connectivity index (χ3n) is 1.99. The average molecular weight is 208 g/mol. The van der Waals surface area contributed by atoms with Crippen molar-refractivity contribution in [1.82, 2.24) is 5.43 Å². The molecule has 1 unspecified atom stereocenters. The van der Waals surface area contributed by atoms with Crippen LogP contribution in [0.2, 0.25) is 0 Å². The van der Waals surface area contributed by atoms with E-state index in [1.807, 2.05) is 30.3 Å². The zero-order valence-corrected chi connectivity index (χ0v) is 8.43. The quantitative estimate of drug-likeness (QED) is 0.229. The molecule has 1 rings (SSSR count). The highest BCUT2D eigenvalue weighted by molar-refractivity contribution is 5.77. The van der Waals surface area contributed by atoms with Gasteiger partial charge in [-0.05, 0) is 12.0 Å². The molecule has 0 saturated carbocycles. The van der Waals surface area contributed by atoms with Gasteiger partial charge in [0, 0.05) is 0 Å². The fourth-order valence-electron chi connectivity index (χ4n) is 1.27. The predicted octanol–water partition coefficient (Wildman–Crippen LogP) is -0.632. The van der Waals surface area contributed by atoms with Crippen molar-refractivity contribution in [2.24, 2.45) is 16.6 Å². The Balaban J connectivity index is 2.62. The summed E-state index contributed by atoms with van der Waals surface area (Å²) in [5.74, 6) is 5.21. The molecule has 5 nitrogen and oxygen atoms in total. The Morgan fingerprint density at radius 2 is 2.07 bits per heavy atom. The zero-order valence-electron chi connectivity index (χ0n) is 8.43. The van der Waals surface area contributed by atoms with Crippen LogP contribution >= 0.6 is 0 Å². The molecular formula is C10H16N4O. The average Bonchev–Trinajstić information content (AvgIpc) is 2.29. The van der Waals surface area contributed by atoms with E-state index in [1.165, 1.54) is 0 Å². The number of nitrogens with one attached hydrogen (secondary N) is 1. The Morgan fingerprint density at radius 1 is 1.40 bits per heavy atom. The third-order valence-corrected chi connectivity index (χ3v) is 1.99. The van der Waals surface area contributed by atoms with Crippen molar-refractivity contribution in [3.8, 4) is 0 Å². The Bertz CT molecular complexity index is 312. The van der Waals surface area contributed by atoms with Gasteiger partial charge in [-0.25, -0.2) is 10.8 Å². The fourth-order valence-corrected chi connectivity index (χ4v) is 1.27. The maximum atomic E-state index is 9.10. The number of guanidine groups is 1. The number of aliphatic imine (C=N–C) groups is 1. The van der Waals surface area contributed by atoms with Crippen molar-refractivity contribution in [3.63, 3.8) is 0 Å². The van der Waals surface area contributed by atoms with Crippen molar-refractivity contribution < 1.29 is 5.11 Å². The van der Waals surface area contributed by atoms with E-state index in [0.717, 1.165) is 5.56 Å². The van der Waals surface area contributed by atoms with Crippen molar-refractivity contribution in [3.05, 3.63) is 35.9 Å². The molecule has 0 aromatic heterocycles. The van der Waals surface area contributed by atoms with Crippen molar-refractivity contribution in [1.29, 1.82) is 0 Å². The van der Waals surface area contributed by atoms with E-state index in [1.54, 1.807) is 0 Å². The van der Waals surface area contributed by atoms with Crippen molar-refractivity contribution >= 4 is 5.96 Å². The van der Waals surface area contributed by atoms with E-state index in [0.29, 0.717) is 6.42 Å². The summed E-state index contributed by atoms with van der Waals surface area (Å²) in [7, 11) is 0. The number of hydrogen-bond donors (Lipinski definition) is 4. The van der Waals surface area contributed by atoms with E-state index < -0.39 is 0 Å². The molecule has 0 spiro atoms. The van der Waals surface area contributed by atoms with Gasteiger partial charge in [-0.15, -0.1) is 0 Å². The fraction of sp³-hybridized carbons (Fsp3) is 0.300. The van der Waals surface area contributed by atoms with Gasteiger partial charge in [-0.3, -0.25) is 5.43 Å². The molecular weight excluding hydrogens is 192 g/mol. The lowest BCUT2D eigenvalue weighted by Crippen LogP contribution is -2.38. The minimum atomic E-state index is -0.261. The highest BCUT2D eigenvalue weighted by atomic mass is 16.3. The second kappa shape index (κ2) is 6.00. The summed E-state index contributed by atoms with van der Waals surface area (Å²) >= 11 is 0. The SMILES string of the molecule is NNC(N)=NC(CO)Cc1ccccc1. The molecule has 0 bridgehead atoms. The smallest absolute Gasteiger partial charge is 0.203 e. The first-order chi connectivity index (χ1) is 7.26. The second-order valence-corrected chi connectivity index (χ2v) is 3.18. The van der Waals surface area contributed by atoms with Crippen LogP contribution in [-0.4, -0.2) is 23.7 Å². The van der Waals surface area contributed by atoms with Crippen LogP contribution in [0.15, 0.2) is 35.3 Å².